The van der Waals surface area contributed by atoms with Crippen LogP contribution in [0.25, 0.3) is 0 Å². The maximum atomic E-state index is 12.6. The molecule has 0 aromatic heterocycles. The Balaban J connectivity index is 2.70. The van der Waals surface area contributed by atoms with Gasteiger partial charge in [-0.2, -0.15) is 13.2 Å². The summed E-state index contributed by atoms with van der Waals surface area (Å²) < 4.78 is 37.8. The van der Waals surface area contributed by atoms with Gasteiger partial charge >= 0.3 is 6.18 Å². The van der Waals surface area contributed by atoms with Crippen LogP contribution in [-0.4, -0.2) is 18.2 Å². The third-order valence-electron chi connectivity index (χ3n) is 2.06. The summed E-state index contributed by atoms with van der Waals surface area (Å²) in [6.45, 7) is 3.77. The maximum absolute atomic E-state index is 12.6. The standard InChI is InChI=1S/C12H11ClF3NOS/c1-2-5-17-11(18)7-19-8-3-4-10(13)9(6-8)12(14,15)16/h2-4,6H,1,5,7H2,(H,17,18). The number of hydrogen-bond acceptors (Lipinski definition) is 2. The number of hydrogen-bond donors (Lipinski definition) is 1. The molecule has 0 aliphatic heterocycles. The van der Waals surface area contributed by atoms with Crippen molar-refractivity contribution in [3.05, 3.63) is 41.4 Å². The van der Waals surface area contributed by atoms with Gasteiger partial charge in [0.05, 0.1) is 16.3 Å². The van der Waals surface area contributed by atoms with Crippen LogP contribution < -0.4 is 5.32 Å². The van der Waals surface area contributed by atoms with Crippen LogP contribution in [0.4, 0.5) is 13.2 Å². The molecule has 0 aliphatic rings. The molecule has 1 aromatic carbocycles. The number of rotatable bonds is 5. The molecule has 0 heterocycles. The summed E-state index contributed by atoms with van der Waals surface area (Å²) in [5, 5.41) is 2.18. The molecule has 0 fully saturated rings. The van der Waals surface area contributed by atoms with Crippen molar-refractivity contribution in [2.45, 2.75) is 11.1 Å². The van der Waals surface area contributed by atoms with E-state index >= 15 is 0 Å². The molecule has 0 bridgehead atoms. The van der Waals surface area contributed by atoms with Gasteiger partial charge in [-0.1, -0.05) is 17.7 Å². The van der Waals surface area contributed by atoms with E-state index in [4.69, 9.17) is 11.6 Å². The van der Waals surface area contributed by atoms with Crippen molar-refractivity contribution >= 4 is 29.3 Å². The highest BCUT2D eigenvalue weighted by Crippen LogP contribution is 2.36. The van der Waals surface area contributed by atoms with Gasteiger partial charge in [0, 0.05) is 11.4 Å². The fourth-order valence-corrected chi connectivity index (χ4v) is 2.19. The number of carbonyl (C=O) groups is 1. The number of thioether (sulfide) groups is 1. The summed E-state index contributed by atoms with van der Waals surface area (Å²) >= 11 is 6.51. The van der Waals surface area contributed by atoms with E-state index in [2.05, 4.69) is 11.9 Å². The van der Waals surface area contributed by atoms with Crippen molar-refractivity contribution in [3.63, 3.8) is 0 Å². The van der Waals surface area contributed by atoms with Gasteiger partial charge < -0.3 is 5.32 Å². The zero-order valence-electron chi connectivity index (χ0n) is 9.76. The van der Waals surface area contributed by atoms with Crippen LogP contribution in [0.3, 0.4) is 0 Å². The molecule has 0 radical (unpaired) electrons. The van der Waals surface area contributed by atoms with Gasteiger partial charge in [0.15, 0.2) is 0 Å². The fourth-order valence-electron chi connectivity index (χ4n) is 1.20. The molecular weight excluding hydrogens is 299 g/mol. The van der Waals surface area contributed by atoms with Crippen molar-refractivity contribution in [2.75, 3.05) is 12.3 Å². The molecule has 1 aromatic rings. The first-order valence-electron chi connectivity index (χ1n) is 5.21. The smallest absolute Gasteiger partial charge is 0.352 e. The first-order valence-corrected chi connectivity index (χ1v) is 6.58. The first kappa shape index (κ1) is 15.9. The predicted octanol–water partition coefficient (Wildman–Crippen LogP) is 3.75. The largest absolute Gasteiger partial charge is 0.417 e. The number of nitrogens with one attached hydrogen (secondary N) is 1. The highest BCUT2D eigenvalue weighted by atomic mass is 35.5. The maximum Gasteiger partial charge on any atom is 0.417 e. The van der Waals surface area contributed by atoms with Crippen LogP contribution in [0.15, 0.2) is 35.7 Å². The highest BCUT2D eigenvalue weighted by molar-refractivity contribution is 8.00. The summed E-state index contributed by atoms with van der Waals surface area (Å²) in [5.41, 5.74) is -0.898. The Morgan fingerprint density at radius 1 is 1.47 bits per heavy atom. The highest BCUT2D eigenvalue weighted by Gasteiger charge is 2.33. The van der Waals surface area contributed by atoms with Crippen LogP contribution >= 0.6 is 23.4 Å². The molecule has 0 saturated heterocycles. The number of benzene rings is 1. The predicted molar refractivity (Wildman–Crippen MR) is 70.4 cm³/mol. The lowest BCUT2D eigenvalue weighted by molar-refractivity contribution is -0.137. The minimum absolute atomic E-state index is 0.0345. The Bertz CT molecular complexity index is 477. The molecule has 0 aliphatic carbocycles. The summed E-state index contributed by atoms with van der Waals surface area (Å²) in [5.74, 6) is -0.235. The minimum atomic E-state index is -4.50. The Morgan fingerprint density at radius 2 is 2.16 bits per heavy atom. The van der Waals surface area contributed by atoms with E-state index in [1.165, 1.54) is 18.2 Å². The number of alkyl halides is 3. The van der Waals surface area contributed by atoms with E-state index in [1.54, 1.807) is 0 Å². The first-order chi connectivity index (χ1) is 8.84. The Labute approximate surface area is 118 Å². The topological polar surface area (TPSA) is 29.1 Å². The van der Waals surface area contributed by atoms with Gasteiger partial charge in [-0.15, -0.1) is 18.3 Å². The normalized spacial score (nSPS) is 11.2. The average molecular weight is 310 g/mol. The van der Waals surface area contributed by atoms with Crippen molar-refractivity contribution in [2.24, 2.45) is 0 Å². The molecule has 1 N–H and O–H groups in total. The van der Waals surface area contributed by atoms with Crippen molar-refractivity contribution in [3.8, 4) is 0 Å². The van der Waals surface area contributed by atoms with Crippen LogP contribution in [0.5, 0.6) is 0 Å². The molecule has 0 atom stereocenters. The van der Waals surface area contributed by atoms with Gasteiger partial charge in [0.1, 0.15) is 0 Å². The lowest BCUT2D eigenvalue weighted by Gasteiger charge is -2.10. The van der Waals surface area contributed by atoms with Gasteiger partial charge in [0.2, 0.25) is 5.91 Å². The molecule has 2 nitrogen and oxygen atoms in total. The lowest BCUT2D eigenvalue weighted by Crippen LogP contribution is -2.24. The van der Waals surface area contributed by atoms with Crippen LogP contribution in [-0.2, 0) is 11.0 Å². The van der Waals surface area contributed by atoms with E-state index in [0.717, 1.165) is 17.8 Å². The summed E-state index contributed by atoms with van der Waals surface area (Å²) in [6, 6.07) is 3.56. The summed E-state index contributed by atoms with van der Waals surface area (Å²) in [6.07, 6.45) is -2.98. The molecule has 19 heavy (non-hydrogen) atoms. The Kier molecular flexibility index (Phi) is 5.75. The molecule has 0 saturated carbocycles. The lowest BCUT2D eigenvalue weighted by atomic mass is 10.2. The van der Waals surface area contributed by atoms with Crippen molar-refractivity contribution in [1.82, 2.24) is 5.32 Å². The quantitative estimate of drug-likeness (QED) is 0.663. The Hall–Kier alpha value is -1.14. The number of halogens is 4. The van der Waals surface area contributed by atoms with E-state index in [1.807, 2.05) is 0 Å². The second-order valence-corrected chi connectivity index (χ2v) is 4.98. The average Bonchev–Trinajstić information content (AvgIpc) is 2.34. The number of amides is 1. The minimum Gasteiger partial charge on any atom is -0.352 e. The molecule has 104 valence electrons. The fraction of sp³-hybridized carbons (Fsp3) is 0.250. The SMILES string of the molecule is C=CCNC(=O)CSc1ccc(Cl)c(C(F)(F)F)c1. The van der Waals surface area contributed by atoms with Crippen molar-refractivity contribution in [1.29, 1.82) is 0 Å². The third kappa shape index (κ3) is 5.16. The molecule has 0 spiro atoms. The van der Waals surface area contributed by atoms with Crippen LogP contribution in [0.2, 0.25) is 5.02 Å². The summed E-state index contributed by atoms with van der Waals surface area (Å²) in [7, 11) is 0. The van der Waals surface area contributed by atoms with Gasteiger partial charge in [0.25, 0.3) is 0 Å². The molecule has 1 amide bonds. The Morgan fingerprint density at radius 3 is 2.74 bits per heavy atom. The van der Waals surface area contributed by atoms with Crippen LogP contribution in [0.1, 0.15) is 5.56 Å². The second-order valence-electron chi connectivity index (χ2n) is 3.52. The van der Waals surface area contributed by atoms with E-state index < -0.39 is 11.7 Å². The molecule has 0 unspecified atom stereocenters. The zero-order chi connectivity index (χ0) is 14.5. The van der Waals surface area contributed by atoms with Crippen LogP contribution in [0, 0.1) is 0 Å². The van der Waals surface area contributed by atoms with E-state index in [9.17, 15) is 18.0 Å². The third-order valence-corrected chi connectivity index (χ3v) is 3.38. The second kappa shape index (κ2) is 6.86. The molecule has 7 heteroatoms. The van der Waals surface area contributed by atoms with E-state index in [-0.39, 0.29) is 16.7 Å². The molecule has 1 rings (SSSR count). The number of carbonyl (C=O) groups excluding carboxylic acids is 1. The van der Waals surface area contributed by atoms with Gasteiger partial charge in [-0.05, 0) is 18.2 Å². The van der Waals surface area contributed by atoms with Gasteiger partial charge in [-0.3, -0.25) is 4.79 Å². The monoisotopic (exact) mass is 309 g/mol. The zero-order valence-corrected chi connectivity index (χ0v) is 11.3. The van der Waals surface area contributed by atoms with Gasteiger partial charge in [-0.25, -0.2) is 0 Å². The van der Waals surface area contributed by atoms with E-state index in [0.29, 0.717) is 11.4 Å². The van der Waals surface area contributed by atoms with Crippen molar-refractivity contribution < 1.29 is 18.0 Å². The molecular formula is C12H11ClF3NOS. The summed E-state index contributed by atoms with van der Waals surface area (Å²) in [4.78, 5) is 11.6.